The van der Waals surface area contributed by atoms with Gasteiger partial charge in [-0.2, -0.15) is 5.10 Å². The first kappa shape index (κ1) is 25.4. The van der Waals surface area contributed by atoms with Crippen molar-refractivity contribution in [3.8, 4) is 28.4 Å². The lowest BCUT2D eigenvalue weighted by Crippen LogP contribution is -2.47. The van der Waals surface area contributed by atoms with E-state index in [1.165, 1.54) is 31.0 Å². The molecule has 1 aromatic heterocycles. The predicted molar refractivity (Wildman–Crippen MR) is 132 cm³/mol. The fraction of sp³-hybridized carbons (Fsp3) is 0.370. The smallest absolute Gasteiger partial charge is 0.272 e. The zero-order valence-corrected chi connectivity index (χ0v) is 20.4. The minimum atomic E-state index is -0.789. The summed E-state index contributed by atoms with van der Waals surface area (Å²) in [5.74, 6) is -0.392. The van der Waals surface area contributed by atoms with E-state index in [4.69, 9.17) is 9.47 Å². The van der Waals surface area contributed by atoms with Crippen LogP contribution in [0.25, 0.3) is 16.9 Å². The van der Waals surface area contributed by atoms with Gasteiger partial charge >= 0.3 is 0 Å². The van der Waals surface area contributed by atoms with E-state index in [-0.39, 0.29) is 11.6 Å². The van der Waals surface area contributed by atoms with Gasteiger partial charge in [-0.15, -0.1) is 0 Å². The number of aromatic nitrogens is 2. The number of nitrogens with one attached hydrogen (secondary N) is 1. The second-order valence-electron chi connectivity index (χ2n) is 8.81. The number of methoxy groups -OCH3 is 2. The lowest BCUT2D eigenvalue weighted by Gasteiger charge is -2.29. The van der Waals surface area contributed by atoms with Gasteiger partial charge in [-0.3, -0.25) is 9.59 Å². The summed E-state index contributed by atoms with van der Waals surface area (Å²) in [5, 5.41) is 16.9. The molecule has 8 nitrogen and oxygen atoms in total. The first-order valence-corrected chi connectivity index (χ1v) is 12.0. The van der Waals surface area contributed by atoms with Gasteiger partial charge in [0, 0.05) is 0 Å². The first-order valence-electron chi connectivity index (χ1n) is 12.0. The molecule has 0 radical (unpaired) electrons. The normalized spacial score (nSPS) is 14.8. The summed E-state index contributed by atoms with van der Waals surface area (Å²) < 4.78 is 26.3. The molecular weight excluding hydrogens is 465 g/mol. The highest BCUT2D eigenvalue weighted by Crippen LogP contribution is 2.39. The summed E-state index contributed by atoms with van der Waals surface area (Å²) >= 11 is 0. The van der Waals surface area contributed by atoms with Gasteiger partial charge in [-0.05, 0) is 61.2 Å². The minimum absolute atomic E-state index is 0.0321. The molecule has 2 N–H and O–H groups in total. The Kier molecular flexibility index (Phi) is 8.00. The van der Waals surface area contributed by atoms with Crippen molar-refractivity contribution in [3.05, 3.63) is 60.0 Å². The maximum Gasteiger partial charge on any atom is 0.272 e. The van der Waals surface area contributed by atoms with Gasteiger partial charge < -0.3 is 19.9 Å². The lowest BCUT2D eigenvalue weighted by atomic mass is 9.82. The Labute approximate surface area is 209 Å². The van der Waals surface area contributed by atoms with Crippen molar-refractivity contribution < 1.29 is 28.6 Å². The average molecular weight is 496 g/mol. The molecule has 36 heavy (non-hydrogen) atoms. The third-order valence-corrected chi connectivity index (χ3v) is 6.61. The van der Waals surface area contributed by atoms with Crippen LogP contribution in [-0.2, 0) is 4.79 Å². The third-order valence-electron chi connectivity index (χ3n) is 6.61. The molecule has 2 aromatic carbocycles. The van der Waals surface area contributed by atoms with Gasteiger partial charge in [0.2, 0.25) is 0 Å². The van der Waals surface area contributed by atoms with Crippen LogP contribution < -0.4 is 14.8 Å². The van der Waals surface area contributed by atoms with Crippen molar-refractivity contribution in [2.45, 2.75) is 38.1 Å². The van der Waals surface area contributed by atoms with Gasteiger partial charge in [0.1, 0.15) is 23.9 Å². The number of ketones is 1. The summed E-state index contributed by atoms with van der Waals surface area (Å²) in [6.07, 6.45) is 4.67. The molecule has 1 atom stereocenters. The molecule has 9 heteroatoms. The van der Waals surface area contributed by atoms with Crippen molar-refractivity contribution in [3.63, 3.8) is 0 Å². The zero-order chi connectivity index (χ0) is 25.7. The largest absolute Gasteiger partial charge is 0.496 e. The van der Waals surface area contributed by atoms with Crippen LogP contribution in [0.3, 0.4) is 0 Å². The SMILES string of the molecule is COc1cccc(OC)c1-c1cc(C(=O)N[C@H](C(=O)CO)C2CCCCC2)nn1-c1ccc(F)cc1. The topological polar surface area (TPSA) is 103 Å². The van der Waals surface area contributed by atoms with Gasteiger partial charge in [-0.25, -0.2) is 9.07 Å². The molecule has 1 aliphatic carbocycles. The van der Waals surface area contributed by atoms with Gasteiger partial charge in [-0.1, -0.05) is 25.3 Å². The van der Waals surface area contributed by atoms with Crippen molar-refractivity contribution >= 4 is 11.7 Å². The first-order chi connectivity index (χ1) is 17.5. The number of aliphatic hydroxyl groups is 1. The number of rotatable bonds is 9. The van der Waals surface area contributed by atoms with E-state index in [2.05, 4.69) is 10.4 Å². The quantitative estimate of drug-likeness (QED) is 0.466. The molecule has 4 rings (SSSR count). The molecular formula is C27H30FN3O5. The number of benzene rings is 2. The number of carbonyl (C=O) groups is 2. The van der Waals surface area contributed by atoms with E-state index in [1.54, 1.807) is 36.4 Å². The average Bonchev–Trinajstić information content (AvgIpc) is 3.36. The molecule has 1 amide bonds. The summed E-state index contributed by atoms with van der Waals surface area (Å²) in [4.78, 5) is 25.9. The maximum atomic E-state index is 13.6. The number of nitrogens with zero attached hydrogens (tertiary/aromatic N) is 2. The van der Waals surface area contributed by atoms with Gasteiger partial charge in [0.25, 0.3) is 5.91 Å². The third kappa shape index (κ3) is 5.26. The number of ether oxygens (including phenoxy) is 2. The highest BCUT2D eigenvalue weighted by molar-refractivity contribution is 5.98. The lowest BCUT2D eigenvalue weighted by molar-refractivity contribution is -0.125. The number of amides is 1. The van der Waals surface area contributed by atoms with Crippen LogP contribution in [0.1, 0.15) is 42.6 Å². The number of aliphatic hydroxyl groups excluding tert-OH is 1. The molecule has 1 fully saturated rings. The Morgan fingerprint density at radius 3 is 2.31 bits per heavy atom. The fourth-order valence-corrected chi connectivity index (χ4v) is 4.80. The van der Waals surface area contributed by atoms with Gasteiger partial charge in [0.05, 0.1) is 37.2 Å². The van der Waals surface area contributed by atoms with Gasteiger partial charge in [0.15, 0.2) is 11.5 Å². The maximum absolute atomic E-state index is 13.6. The van der Waals surface area contributed by atoms with E-state index in [1.807, 2.05) is 0 Å². The number of halogens is 1. The van der Waals surface area contributed by atoms with E-state index in [0.29, 0.717) is 28.4 Å². The van der Waals surface area contributed by atoms with Crippen LogP contribution in [0, 0.1) is 11.7 Å². The molecule has 1 heterocycles. The number of Topliss-reactive ketones (excluding diaryl/α,β-unsaturated/α-hetero) is 1. The second kappa shape index (κ2) is 11.3. The van der Waals surface area contributed by atoms with Crippen LogP contribution >= 0.6 is 0 Å². The number of hydrogen-bond acceptors (Lipinski definition) is 6. The molecule has 3 aromatic rings. The van der Waals surface area contributed by atoms with Crippen LogP contribution in [0.15, 0.2) is 48.5 Å². The van der Waals surface area contributed by atoms with Crippen LogP contribution in [0.4, 0.5) is 4.39 Å². The van der Waals surface area contributed by atoms with Crippen LogP contribution in [0.5, 0.6) is 11.5 Å². The molecule has 190 valence electrons. The molecule has 1 aliphatic rings. The van der Waals surface area contributed by atoms with Crippen molar-refractivity contribution in [1.29, 1.82) is 0 Å². The van der Waals surface area contributed by atoms with E-state index in [9.17, 15) is 19.1 Å². The Hall–Kier alpha value is -3.72. The summed E-state index contributed by atoms with van der Waals surface area (Å²) in [6, 6.07) is 11.8. The highest BCUT2D eigenvalue weighted by Gasteiger charge is 2.32. The van der Waals surface area contributed by atoms with Crippen LogP contribution in [0.2, 0.25) is 0 Å². The van der Waals surface area contributed by atoms with Crippen LogP contribution in [-0.4, -0.2) is 53.4 Å². The Morgan fingerprint density at radius 2 is 1.72 bits per heavy atom. The minimum Gasteiger partial charge on any atom is -0.496 e. The summed E-state index contributed by atoms with van der Waals surface area (Å²) in [7, 11) is 3.06. The monoisotopic (exact) mass is 495 g/mol. The molecule has 0 unspecified atom stereocenters. The molecule has 0 spiro atoms. The highest BCUT2D eigenvalue weighted by atomic mass is 19.1. The second-order valence-corrected chi connectivity index (χ2v) is 8.81. The predicted octanol–water partition coefficient (Wildman–Crippen LogP) is 3.94. The summed E-state index contributed by atoms with van der Waals surface area (Å²) in [5.41, 5.74) is 1.64. The number of hydrogen-bond donors (Lipinski definition) is 2. The standard InChI is InChI=1S/C27H30FN3O5/c1-35-23-9-6-10-24(36-2)25(23)21-15-20(30-31(21)19-13-11-18(28)12-14-19)27(34)29-26(22(33)16-32)17-7-4-3-5-8-17/h6,9-15,17,26,32H,3-5,7-8,16H2,1-2H3,(H,29,34)/t26-/m0/s1. The molecule has 0 saturated heterocycles. The van der Waals surface area contributed by atoms with Crippen molar-refractivity contribution in [1.82, 2.24) is 15.1 Å². The molecule has 0 bridgehead atoms. The van der Waals surface area contributed by atoms with Crippen molar-refractivity contribution in [2.75, 3.05) is 20.8 Å². The van der Waals surface area contributed by atoms with E-state index in [0.717, 1.165) is 32.1 Å². The Bertz CT molecular complexity index is 1200. The Balaban J connectivity index is 1.78. The Morgan fingerprint density at radius 1 is 1.08 bits per heavy atom. The van der Waals surface area contributed by atoms with E-state index < -0.39 is 30.2 Å². The van der Waals surface area contributed by atoms with E-state index >= 15 is 0 Å². The fourth-order valence-electron chi connectivity index (χ4n) is 4.80. The molecule has 0 aliphatic heterocycles. The van der Waals surface area contributed by atoms with Crippen molar-refractivity contribution in [2.24, 2.45) is 5.92 Å². The number of carbonyl (C=O) groups excluding carboxylic acids is 2. The zero-order valence-electron chi connectivity index (χ0n) is 20.4. The molecule has 1 saturated carbocycles. The summed E-state index contributed by atoms with van der Waals surface area (Å²) in [6.45, 7) is -0.644.